The summed E-state index contributed by atoms with van der Waals surface area (Å²) in [5.74, 6) is 0. The lowest BCUT2D eigenvalue weighted by Crippen LogP contribution is -2.30. The first-order valence-corrected chi connectivity index (χ1v) is 7.99. The molecule has 0 saturated carbocycles. The molecule has 2 rings (SSSR count). The Bertz CT molecular complexity index is 517. The number of rotatable bonds is 2. The number of halogens is 1. The predicted molar refractivity (Wildman–Crippen MR) is 67.5 cm³/mol. The van der Waals surface area contributed by atoms with Crippen LogP contribution < -0.4 is 0 Å². The smallest absolute Gasteiger partial charge is 0.244 e. The first-order chi connectivity index (χ1) is 7.82. The Kier molecular flexibility index (Phi) is 3.64. The van der Waals surface area contributed by atoms with Crippen molar-refractivity contribution in [2.75, 3.05) is 13.1 Å². The largest absolute Gasteiger partial charge is 0.389 e. The first-order valence-electron chi connectivity index (χ1n) is 4.94. The van der Waals surface area contributed by atoms with E-state index in [1.807, 2.05) is 0 Å². The van der Waals surface area contributed by atoms with Crippen LogP contribution in [0.4, 0.5) is 0 Å². The fourth-order valence-electron chi connectivity index (χ4n) is 1.76. The molecule has 17 heavy (non-hydrogen) atoms. The summed E-state index contributed by atoms with van der Waals surface area (Å²) in [5.41, 5.74) is 0. The Hall–Kier alpha value is 0.01000. The minimum absolute atomic E-state index is 0.0591. The molecule has 2 atom stereocenters. The van der Waals surface area contributed by atoms with Gasteiger partial charge < -0.3 is 10.2 Å². The Labute approximate surface area is 112 Å². The fraction of sp³-hybridized carbons (Fsp3) is 0.556. The molecule has 8 heteroatoms. The van der Waals surface area contributed by atoms with Gasteiger partial charge in [-0.1, -0.05) is 0 Å². The highest BCUT2D eigenvalue weighted by Gasteiger charge is 2.38. The van der Waals surface area contributed by atoms with E-state index in [0.29, 0.717) is 4.88 Å². The number of aliphatic hydroxyl groups excluding tert-OH is 2. The van der Waals surface area contributed by atoms with Crippen molar-refractivity contribution in [2.24, 2.45) is 0 Å². The Morgan fingerprint density at radius 3 is 2.35 bits per heavy atom. The van der Waals surface area contributed by atoms with Crippen LogP contribution in [-0.2, 0) is 10.0 Å². The molecule has 96 valence electrons. The summed E-state index contributed by atoms with van der Waals surface area (Å²) in [6, 6.07) is 1.55. The van der Waals surface area contributed by atoms with Gasteiger partial charge in [0.1, 0.15) is 0 Å². The SMILES string of the molecule is Cc1sc(Br)cc1S(=O)(=O)N1C[C@@H](O)[C@@H](O)C1. The van der Waals surface area contributed by atoms with Gasteiger partial charge in [0, 0.05) is 18.0 Å². The number of nitrogens with zero attached hydrogens (tertiary/aromatic N) is 1. The van der Waals surface area contributed by atoms with E-state index < -0.39 is 22.2 Å². The summed E-state index contributed by atoms with van der Waals surface area (Å²) in [6.45, 7) is 1.61. The maximum absolute atomic E-state index is 12.2. The molecular weight excluding hydrogens is 330 g/mol. The van der Waals surface area contributed by atoms with Gasteiger partial charge in [-0.3, -0.25) is 0 Å². The highest BCUT2D eigenvalue weighted by molar-refractivity contribution is 9.11. The average molecular weight is 342 g/mol. The van der Waals surface area contributed by atoms with Crippen LogP contribution in [0.25, 0.3) is 0 Å². The maximum Gasteiger partial charge on any atom is 0.244 e. The number of hydrogen-bond acceptors (Lipinski definition) is 5. The predicted octanol–water partition coefficient (Wildman–Crippen LogP) is 0.545. The topological polar surface area (TPSA) is 77.8 Å². The number of hydrogen-bond donors (Lipinski definition) is 2. The fourth-order valence-corrected chi connectivity index (χ4v) is 5.62. The normalized spacial score (nSPS) is 26.6. The van der Waals surface area contributed by atoms with Gasteiger partial charge in [0.05, 0.1) is 20.9 Å². The van der Waals surface area contributed by atoms with Crippen molar-refractivity contribution in [2.45, 2.75) is 24.0 Å². The van der Waals surface area contributed by atoms with E-state index in [0.717, 1.165) is 8.09 Å². The molecule has 2 heterocycles. The van der Waals surface area contributed by atoms with E-state index in [9.17, 15) is 18.6 Å². The summed E-state index contributed by atoms with van der Waals surface area (Å²) in [7, 11) is -3.62. The number of aryl methyl sites for hydroxylation is 1. The van der Waals surface area contributed by atoms with Crippen LogP contribution in [0.15, 0.2) is 14.7 Å². The van der Waals surface area contributed by atoms with Crippen LogP contribution in [-0.4, -0.2) is 48.2 Å². The van der Waals surface area contributed by atoms with Crippen molar-refractivity contribution in [3.63, 3.8) is 0 Å². The number of thiophene rings is 1. The van der Waals surface area contributed by atoms with Crippen molar-refractivity contribution in [1.82, 2.24) is 4.31 Å². The zero-order chi connectivity index (χ0) is 12.8. The van der Waals surface area contributed by atoms with E-state index in [1.165, 1.54) is 11.3 Å². The lowest BCUT2D eigenvalue weighted by atomic mass is 10.3. The Morgan fingerprint density at radius 1 is 1.41 bits per heavy atom. The van der Waals surface area contributed by atoms with Crippen LogP contribution >= 0.6 is 27.3 Å². The highest BCUT2D eigenvalue weighted by atomic mass is 79.9. The maximum atomic E-state index is 12.2. The highest BCUT2D eigenvalue weighted by Crippen LogP contribution is 2.32. The monoisotopic (exact) mass is 341 g/mol. The molecule has 0 amide bonds. The zero-order valence-electron chi connectivity index (χ0n) is 9.00. The molecule has 1 aliphatic rings. The van der Waals surface area contributed by atoms with Gasteiger partial charge in [0.2, 0.25) is 10.0 Å². The van der Waals surface area contributed by atoms with Gasteiger partial charge in [-0.15, -0.1) is 11.3 Å². The summed E-state index contributed by atoms with van der Waals surface area (Å²) in [4.78, 5) is 0.920. The van der Waals surface area contributed by atoms with Crippen molar-refractivity contribution in [3.05, 3.63) is 14.7 Å². The number of sulfonamides is 1. The standard InChI is InChI=1S/C9H12BrNO4S2/c1-5-8(2-9(10)16-5)17(14,15)11-3-6(12)7(13)4-11/h2,6-7,12-13H,3-4H2,1H3/t6-,7+. The zero-order valence-corrected chi connectivity index (χ0v) is 12.2. The number of aliphatic hydroxyl groups is 2. The minimum Gasteiger partial charge on any atom is -0.389 e. The molecule has 0 unspecified atom stereocenters. The average Bonchev–Trinajstić information content (AvgIpc) is 2.72. The second-order valence-corrected chi connectivity index (χ2v) is 8.47. The lowest BCUT2D eigenvalue weighted by Gasteiger charge is -2.14. The third-order valence-corrected chi connectivity index (χ3v) is 6.33. The quantitative estimate of drug-likeness (QED) is 0.823. The van der Waals surface area contributed by atoms with E-state index in [-0.39, 0.29) is 18.0 Å². The van der Waals surface area contributed by atoms with E-state index in [4.69, 9.17) is 0 Å². The van der Waals surface area contributed by atoms with Crippen molar-refractivity contribution < 1.29 is 18.6 Å². The summed E-state index contributed by atoms with van der Waals surface area (Å²) < 4.78 is 26.4. The van der Waals surface area contributed by atoms with Crippen LogP contribution in [0.5, 0.6) is 0 Å². The van der Waals surface area contributed by atoms with E-state index in [2.05, 4.69) is 15.9 Å². The molecule has 1 aliphatic heterocycles. The molecule has 0 bridgehead atoms. The molecule has 0 radical (unpaired) electrons. The molecule has 0 aliphatic carbocycles. The third-order valence-electron chi connectivity index (χ3n) is 2.69. The van der Waals surface area contributed by atoms with Gasteiger partial charge in [0.15, 0.2) is 0 Å². The van der Waals surface area contributed by atoms with Crippen molar-refractivity contribution in [1.29, 1.82) is 0 Å². The second-order valence-electron chi connectivity index (χ2n) is 3.93. The van der Waals surface area contributed by atoms with Crippen LogP contribution in [0.2, 0.25) is 0 Å². The minimum atomic E-state index is -3.62. The van der Waals surface area contributed by atoms with Crippen LogP contribution in [0.1, 0.15) is 4.88 Å². The summed E-state index contributed by atoms with van der Waals surface area (Å²) in [6.07, 6.45) is -2.01. The molecule has 2 N–H and O–H groups in total. The second kappa shape index (κ2) is 4.60. The van der Waals surface area contributed by atoms with Crippen molar-refractivity contribution in [3.8, 4) is 0 Å². The van der Waals surface area contributed by atoms with Gasteiger partial charge in [0.25, 0.3) is 0 Å². The molecule has 1 aromatic heterocycles. The summed E-state index contributed by atoms with van der Waals surface area (Å²) in [5, 5.41) is 18.8. The molecular formula is C9H12BrNO4S2. The number of β-amino-alcohol motifs (C(OH)–C–C–N with tert-alkyl or cyclic N) is 2. The van der Waals surface area contributed by atoms with Gasteiger partial charge in [-0.2, -0.15) is 4.31 Å². The van der Waals surface area contributed by atoms with Gasteiger partial charge in [-0.25, -0.2) is 8.42 Å². The van der Waals surface area contributed by atoms with Gasteiger partial charge in [-0.05, 0) is 28.9 Å². The van der Waals surface area contributed by atoms with E-state index >= 15 is 0 Å². The van der Waals surface area contributed by atoms with Crippen LogP contribution in [0, 0.1) is 6.92 Å². The Morgan fingerprint density at radius 2 is 1.94 bits per heavy atom. The first kappa shape index (κ1) is 13.4. The van der Waals surface area contributed by atoms with E-state index in [1.54, 1.807) is 13.0 Å². The molecule has 1 fully saturated rings. The molecule has 0 spiro atoms. The molecule has 1 aromatic rings. The molecule has 1 saturated heterocycles. The molecule has 5 nitrogen and oxygen atoms in total. The van der Waals surface area contributed by atoms with Crippen LogP contribution in [0.3, 0.4) is 0 Å². The van der Waals surface area contributed by atoms with Gasteiger partial charge >= 0.3 is 0 Å². The van der Waals surface area contributed by atoms with Crippen molar-refractivity contribution >= 4 is 37.3 Å². The summed E-state index contributed by atoms with van der Waals surface area (Å²) >= 11 is 4.59. The molecule has 0 aromatic carbocycles. The lowest BCUT2D eigenvalue weighted by molar-refractivity contribution is 0.0572. The Balaban J connectivity index is 2.35. The third kappa shape index (κ3) is 2.42.